The third kappa shape index (κ3) is 4.41. The summed E-state index contributed by atoms with van der Waals surface area (Å²) in [5.74, 6) is 0.107. The minimum absolute atomic E-state index is 0.0243. The van der Waals surface area contributed by atoms with Crippen molar-refractivity contribution in [2.45, 2.75) is 12.6 Å². The number of likely N-dealkylation sites (N-methyl/N-ethyl adjacent to an activating group) is 1. The van der Waals surface area contributed by atoms with Crippen LogP contribution in [0.2, 0.25) is 0 Å². The number of carbonyl (C=O) groups excluding carboxylic acids is 1. The van der Waals surface area contributed by atoms with Crippen LogP contribution in [0.3, 0.4) is 0 Å². The number of hydrogen-bond donors (Lipinski definition) is 1. The largest absolute Gasteiger partial charge is 0.329 e. The van der Waals surface area contributed by atoms with Gasteiger partial charge in [0.15, 0.2) is 0 Å². The molecule has 2 saturated heterocycles. The molecule has 1 atom stereocenters. The Morgan fingerprint density at radius 3 is 2.79 bits per heavy atom. The van der Waals surface area contributed by atoms with Crippen LogP contribution in [-0.2, 0) is 6.54 Å². The fraction of sp³-hybridized carbons (Fsp3) is 0.455. The number of piperazine rings is 2. The Morgan fingerprint density at radius 2 is 2.00 bits per heavy atom. The minimum Gasteiger partial charge on any atom is -0.329 e. The molecule has 1 N–H and O–H groups in total. The van der Waals surface area contributed by atoms with Crippen LogP contribution >= 0.6 is 0 Å². The molecular weight excluding hydrogens is 350 g/mol. The molecule has 0 spiro atoms. The summed E-state index contributed by atoms with van der Waals surface area (Å²) in [5, 5.41) is 3.41. The lowest BCUT2D eigenvalue weighted by atomic mass is 10.0. The molecule has 1 amide bonds. The molecule has 2 aliphatic rings. The maximum Gasteiger partial charge on any atom is 0.254 e. The van der Waals surface area contributed by atoms with Gasteiger partial charge in [-0.15, -0.1) is 0 Å². The van der Waals surface area contributed by atoms with Crippen molar-refractivity contribution in [3.63, 3.8) is 0 Å². The van der Waals surface area contributed by atoms with Crippen molar-refractivity contribution in [1.29, 1.82) is 0 Å². The standard InChI is InChI=1S/C22H29N5O/c1-25-10-12-26(13-11-25)17-18-4-2-5-19(14-18)22(28)27-9-8-24-16-21(27)20-6-3-7-23-15-20/h2-7,14-15,21,24H,8-13,16-17H2,1H3. The van der Waals surface area contributed by atoms with Crippen molar-refractivity contribution < 1.29 is 4.79 Å². The van der Waals surface area contributed by atoms with Gasteiger partial charge in [0.25, 0.3) is 5.91 Å². The smallest absolute Gasteiger partial charge is 0.254 e. The lowest BCUT2D eigenvalue weighted by Crippen LogP contribution is -2.48. The maximum atomic E-state index is 13.3. The van der Waals surface area contributed by atoms with Gasteiger partial charge in [-0.2, -0.15) is 0 Å². The van der Waals surface area contributed by atoms with E-state index in [-0.39, 0.29) is 11.9 Å². The molecular formula is C22H29N5O. The molecule has 28 heavy (non-hydrogen) atoms. The number of aromatic nitrogens is 1. The zero-order valence-electron chi connectivity index (χ0n) is 16.6. The Hall–Kier alpha value is -2.28. The van der Waals surface area contributed by atoms with E-state index in [4.69, 9.17) is 0 Å². The van der Waals surface area contributed by atoms with E-state index in [2.05, 4.69) is 45.3 Å². The highest BCUT2D eigenvalue weighted by molar-refractivity contribution is 5.94. The van der Waals surface area contributed by atoms with Crippen LogP contribution in [0.15, 0.2) is 48.8 Å². The topological polar surface area (TPSA) is 51.7 Å². The van der Waals surface area contributed by atoms with Gasteiger partial charge in [-0.05, 0) is 36.4 Å². The van der Waals surface area contributed by atoms with E-state index in [1.807, 2.05) is 29.3 Å². The molecule has 2 aromatic rings. The minimum atomic E-state index is 0.0243. The summed E-state index contributed by atoms with van der Waals surface area (Å²) in [6.07, 6.45) is 3.63. The number of nitrogens with zero attached hydrogens (tertiary/aromatic N) is 4. The molecule has 0 aliphatic carbocycles. The van der Waals surface area contributed by atoms with Crippen LogP contribution in [0, 0.1) is 0 Å². The first-order valence-corrected chi connectivity index (χ1v) is 10.1. The number of pyridine rings is 1. The van der Waals surface area contributed by atoms with Gasteiger partial charge in [0, 0.05) is 70.3 Å². The summed E-state index contributed by atoms with van der Waals surface area (Å²) >= 11 is 0. The molecule has 6 nitrogen and oxygen atoms in total. The van der Waals surface area contributed by atoms with E-state index < -0.39 is 0 Å². The first-order valence-electron chi connectivity index (χ1n) is 10.1. The summed E-state index contributed by atoms with van der Waals surface area (Å²) in [6.45, 7) is 7.56. The zero-order chi connectivity index (χ0) is 19.3. The fourth-order valence-electron chi connectivity index (χ4n) is 4.05. The SMILES string of the molecule is CN1CCN(Cc2cccc(C(=O)N3CCNCC3c3cccnc3)c2)CC1. The average molecular weight is 380 g/mol. The Morgan fingerprint density at radius 1 is 1.14 bits per heavy atom. The van der Waals surface area contributed by atoms with Gasteiger partial charge in [0.05, 0.1) is 6.04 Å². The van der Waals surface area contributed by atoms with E-state index in [1.165, 1.54) is 5.56 Å². The second-order valence-corrected chi connectivity index (χ2v) is 7.78. The van der Waals surface area contributed by atoms with Gasteiger partial charge >= 0.3 is 0 Å². The monoisotopic (exact) mass is 379 g/mol. The zero-order valence-corrected chi connectivity index (χ0v) is 16.6. The summed E-state index contributed by atoms with van der Waals surface area (Å²) < 4.78 is 0. The van der Waals surface area contributed by atoms with Crippen LogP contribution in [0.4, 0.5) is 0 Å². The van der Waals surface area contributed by atoms with Crippen molar-refractivity contribution in [2.75, 3.05) is 52.9 Å². The van der Waals surface area contributed by atoms with E-state index in [0.29, 0.717) is 6.54 Å². The lowest BCUT2D eigenvalue weighted by molar-refractivity contribution is 0.0633. The van der Waals surface area contributed by atoms with Crippen molar-refractivity contribution in [2.24, 2.45) is 0 Å². The number of nitrogens with one attached hydrogen (secondary N) is 1. The normalized spacial score (nSPS) is 21.6. The van der Waals surface area contributed by atoms with Gasteiger partial charge in [0.1, 0.15) is 0 Å². The molecule has 148 valence electrons. The van der Waals surface area contributed by atoms with Gasteiger partial charge in [-0.25, -0.2) is 0 Å². The highest BCUT2D eigenvalue weighted by Gasteiger charge is 2.29. The molecule has 2 fully saturated rings. The molecule has 1 aromatic carbocycles. The van der Waals surface area contributed by atoms with Crippen molar-refractivity contribution in [3.8, 4) is 0 Å². The first-order chi connectivity index (χ1) is 13.7. The summed E-state index contributed by atoms with van der Waals surface area (Å²) in [7, 11) is 2.17. The van der Waals surface area contributed by atoms with Crippen LogP contribution in [0.5, 0.6) is 0 Å². The second kappa shape index (κ2) is 8.82. The first kappa shape index (κ1) is 19.1. The molecule has 1 aromatic heterocycles. The van der Waals surface area contributed by atoms with Gasteiger partial charge in [-0.3, -0.25) is 14.7 Å². The van der Waals surface area contributed by atoms with Crippen molar-refractivity contribution in [1.82, 2.24) is 25.0 Å². The highest BCUT2D eigenvalue weighted by Crippen LogP contribution is 2.24. The number of carbonyl (C=O) groups is 1. The maximum absolute atomic E-state index is 13.3. The Bertz CT molecular complexity index is 789. The van der Waals surface area contributed by atoms with Crippen molar-refractivity contribution >= 4 is 5.91 Å². The molecule has 2 aliphatic heterocycles. The average Bonchev–Trinajstić information content (AvgIpc) is 2.76. The van der Waals surface area contributed by atoms with E-state index in [1.54, 1.807) is 6.20 Å². The second-order valence-electron chi connectivity index (χ2n) is 7.78. The Balaban J connectivity index is 1.49. The van der Waals surface area contributed by atoms with Crippen LogP contribution < -0.4 is 5.32 Å². The molecule has 1 unspecified atom stereocenters. The number of rotatable bonds is 4. The summed E-state index contributed by atoms with van der Waals surface area (Å²) in [6, 6.07) is 12.2. The molecule has 0 radical (unpaired) electrons. The number of benzene rings is 1. The molecule has 0 bridgehead atoms. The third-order valence-electron chi connectivity index (χ3n) is 5.75. The molecule has 4 rings (SSSR count). The predicted octanol–water partition coefficient (Wildman–Crippen LogP) is 1.62. The fourth-order valence-corrected chi connectivity index (χ4v) is 4.05. The van der Waals surface area contributed by atoms with Gasteiger partial charge < -0.3 is 15.1 Å². The van der Waals surface area contributed by atoms with Crippen LogP contribution in [-0.4, -0.2) is 78.5 Å². The number of hydrogen-bond acceptors (Lipinski definition) is 5. The van der Waals surface area contributed by atoms with E-state index in [0.717, 1.165) is 56.9 Å². The predicted molar refractivity (Wildman–Crippen MR) is 110 cm³/mol. The quantitative estimate of drug-likeness (QED) is 0.875. The highest BCUT2D eigenvalue weighted by atomic mass is 16.2. The van der Waals surface area contributed by atoms with Crippen molar-refractivity contribution in [3.05, 3.63) is 65.5 Å². The van der Waals surface area contributed by atoms with E-state index in [9.17, 15) is 4.79 Å². The number of amides is 1. The molecule has 0 saturated carbocycles. The van der Waals surface area contributed by atoms with E-state index >= 15 is 0 Å². The molecule has 3 heterocycles. The Kier molecular flexibility index (Phi) is 6.00. The summed E-state index contributed by atoms with van der Waals surface area (Å²) in [4.78, 5) is 24.4. The summed E-state index contributed by atoms with van der Waals surface area (Å²) in [5.41, 5.74) is 3.07. The van der Waals surface area contributed by atoms with Crippen LogP contribution in [0.1, 0.15) is 27.5 Å². The third-order valence-corrected chi connectivity index (χ3v) is 5.75. The lowest BCUT2D eigenvalue weighted by Gasteiger charge is -2.36. The molecule has 6 heteroatoms. The van der Waals surface area contributed by atoms with Gasteiger partial charge in [0.2, 0.25) is 0 Å². The Labute approximate surface area is 167 Å². The van der Waals surface area contributed by atoms with Gasteiger partial charge in [-0.1, -0.05) is 18.2 Å². The van der Waals surface area contributed by atoms with Crippen LogP contribution in [0.25, 0.3) is 0 Å².